The average molecular weight is 442 g/mol. The highest BCUT2D eigenvalue weighted by Crippen LogP contribution is 2.22. The Morgan fingerprint density at radius 3 is 2.42 bits per heavy atom. The van der Waals surface area contributed by atoms with E-state index in [0.717, 1.165) is 11.1 Å². The number of hydrogen-bond acceptors (Lipinski definition) is 7. The predicted molar refractivity (Wildman–Crippen MR) is 112 cm³/mol. The summed E-state index contributed by atoms with van der Waals surface area (Å²) in [5.41, 5.74) is 2.64. The first-order valence-corrected chi connectivity index (χ1v) is 11.2. The number of morpholine rings is 1. The van der Waals surface area contributed by atoms with Crippen LogP contribution in [0.2, 0.25) is 0 Å². The van der Waals surface area contributed by atoms with E-state index < -0.39 is 15.9 Å². The summed E-state index contributed by atoms with van der Waals surface area (Å²) >= 11 is 0. The lowest BCUT2D eigenvalue weighted by Gasteiger charge is -2.26. The molecule has 1 aromatic heterocycles. The number of rotatable bonds is 6. The van der Waals surface area contributed by atoms with E-state index in [1.807, 2.05) is 31.2 Å². The highest BCUT2D eigenvalue weighted by molar-refractivity contribution is 7.89. The van der Waals surface area contributed by atoms with E-state index in [9.17, 15) is 13.2 Å². The van der Waals surface area contributed by atoms with Gasteiger partial charge in [0.1, 0.15) is 0 Å². The number of carbonyl (C=O) groups excluding carboxylic acids is 1. The van der Waals surface area contributed by atoms with Crippen molar-refractivity contribution in [2.75, 3.05) is 26.3 Å². The monoisotopic (exact) mass is 442 g/mol. The van der Waals surface area contributed by atoms with Crippen LogP contribution in [0.3, 0.4) is 0 Å². The van der Waals surface area contributed by atoms with Crippen LogP contribution in [0.5, 0.6) is 0 Å². The van der Waals surface area contributed by atoms with Gasteiger partial charge in [0, 0.05) is 25.2 Å². The van der Waals surface area contributed by atoms with Gasteiger partial charge in [0.2, 0.25) is 15.8 Å². The van der Waals surface area contributed by atoms with Gasteiger partial charge in [0.15, 0.2) is 0 Å². The minimum absolute atomic E-state index is 0.160. The molecule has 1 saturated heterocycles. The van der Waals surface area contributed by atoms with Crippen LogP contribution < -0.4 is 5.32 Å². The molecule has 10 heteroatoms. The molecular formula is C21H22N4O5S. The third-order valence-electron chi connectivity index (χ3n) is 4.91. The number of hydrogen-bond donors (Lipinski definition) is 1. The van der Waals surface area contributed by atoms with Gasteiger partial charge in [0.25, 0.3) is 0 Å². The Morgan fingerprint density at radius 2 is 1.74 bits per heavy atom. The Labute approximate surface area is 180 Å². The minimum Gasteiger partial charge on any atom is -0.379 e. The van der Waals surface area contributed by atoms with Gasteiger partial charge in [-0.3, -0.25) is 4.79 Å². The summed E-state index contributed by atoms with van der Waals surface area (Å²) in [4.78, 5) is 16.6. The zero-order valence-corrected chi connectivity index (χ0v) is 17.8. The lowest BCUT2D eigenvalue weighted by atomic mass is 10.1. The molecule has 0 atom stereocenters. The van der Waals surface area contributed by atoms with Gasteiger partial charge in [-0.1, -0.05) is 35.0 Å². The predicted octanol–water partition coefficient (Wildman–Crippen LogP) is 2.00. The third kappa shape index (κ3) is 4.82. The first-order valence-electron chi connectivity index (χ1n) is 9.79. The topological polar surface area (TPSA) is 115 Å². The SMILES string of the molecule is Cc1ccc(CNC(=O)c2nc(-c3ccc(S(=O)(=O)N4CCOCC4)cc3)no2)cc1. The maximum Gasteiger partial charge on any atom is 0.316 e. The first-order chi connectivity index (χ1) is 14.9. The third-order valence-corrected chi connectivity index (χ3v) is 6.83. The second kappa shape index (κ2) is 8.96. The fourth-order valence-corrected chi connectivity index (χ4v) is 4.52. The Hall–Kier alpha value is -3.08. The molecule has 9 nitrogen and oxygen atoms in total. The molecule has 1 aliphatic rings. The Bertz CT molecular complexity index is 1150. The Kier molecular flexibility index (Phi) is 6.12. The maximum atomic E-state index is 12.7. The molecule has 31 heavy (non-hydrogen) atoms. The molecule has 0 unspecified atom stereocenters. The van der Waals surface area contributed by atoms with Gasteiger partial charge < -0.3 is 14.6 Å². The average Bonchev–Trinajstić information content (AvgIpc) is 3.30. The van der Waals surface area contributed by atoms with Crippen LogP contribution in [0.1, 0.15) is 21.8 Å². The van der Waals surface area contributed by atoms with Crippen LogP contribution in [0.25, 0.3) is 11.4 Å². The lowest BCUT2D eigenvalue weighted by Crippen LogP contribution is -2.40. The molecule has 0 spiro atoms. The summed E-state index contributed by atoms with van der Waals surface area (Å²) in [6.07, 6.45) is 0. The van der Waals surface area contributed by atoms with Crippen LogP contribution in [0.15, 0.2) is 57.9 Å². The standard InChI is InChI=1S/C21H22N4O5S/c1-15-2-4-16(5-3-15)14-22-20(26)21-23-19(24-30-21)17-6-8-18(9-7-17)31(27,28)25-10-12-29-13-11-25/h2-9H,10-14H2,1H3,(H,22,26). The van der Waals surface area contributed by atoms with E-state index in [0.29, 0.717) is 38.4 Å². The number of nitrogens with one attached hydrogen (secondary N) is 1. The van der Waals surface area contributed by atoms with Crippen molar-refractivity contribution in [3.8, 4) is 11.4 Å². The Morgan fingerprint density at radius 1 is 1.06 bits per heavy atom. The highest BCUT2D eigenvalue weighted by Gasteiger charge is 2.26. The largest absolute Gasteiger partial charge is 0.379 e. The number of ether oxygens (including phenoxy) is 1. The van der Waals surface area contributed by atoms with Crippen LogP contribution in [0.4, 0.5) is 0 Å². The molecule has 162 valence electrons. The number of nitrogens with zero attached hydrogens (tertiary/aromatic N) is 3. The van der Waals surface area contributed by atoms with Crippen molar-refractivity contribution in [3.05, 3.63) is 65.5 Å². The molecule has 1 amide bonds. The van der Waals surface area contributed by atoms with E-state index in [2.05, 4.69) is 15.5 Å². The number of aryl methyl sites for hydroxylation is 1. The van der Waals surface area contributed by atoms with Gasteiger partial charge in [0.05, 0.1) is 18.1 Å². The molecule has 3 aromatic rings. The summed E-state index contributed by atoms with van der Waals surface area (Å²) in [5.74, 6) is -0.436. The van der Waals surface area contributed by atoms with Crippen LogP contribution in [0, 0.1) is 6.92 Å². The molecule has 0 bridgehead atoms. The molecule has 1 N–H and O–H groups in total. The van der Waals surface area contributed by atoms with E-state index in [1.165, 1.54) is 16.4 Å². The molecule has 2 heterocycles. The van der Waals surface area contributed by atoms with Gasteiger partial charge in [-0.25, -0.2) is 8.42 Å². The minimum atomic E-state index is -3.58. The molecule has 1 fully saturated rings. The highest BCUT2D eigenvalue weighted by atomic mass is 32.2. The summed E-state index contributed by atoms with van der Waals surface area (Å²) in [7, 11) is -3.58. The van der Waals surface area contributed by atoms with Crippen molar-refractivity contribution in [2.45, 2.75) is 18.4 Å². The lowest BCUT2D eigenvalue weighted by molar-refractivity contribution is 0.0730. The van der Waals surface area contributed by atoms with Crippen molar-refractivity contribution in [2.24, 2.45) is 0 Å². The van der Waals surface area contributed by atoms with Gasteiger partial charge >= 0.3 is 11.8 Å². The molecule has 4 rings (SSSR count). The summed E-state index contributed by atoms with van der Waals surface area (Å²) in [6, 6.07) is 14.0. The smallest absolute Gasteiger partial charge is 0.316 e. The zero-order chi connectivity index (χ0) is 21.8. The van der Waals surface area contributed by atoms with E-state index in [1.54, 1.807) is 12.1 Å². The van der Waals surface area contributed by atoms with Crippen molar-refractivity contribution in [3.63, 3.8) is 0 Å². The zero-order valence-electron chi connectivity index (χ0n) is 16.9. The van der Waals surface area contributed by atoms with E-state index in [-0.39, 0.29) is 16.6 Å². The fraction of sp³-hybridized carbons (Fsp3) is 0.286. The van der Waals surface area contributed by atoms with Crippen LogP contribution in [-0.2, 0) is 21.3 Å². The quantitative estimate of drug-likeness (QED) is 0.621. The fourth-order valence-electron chi connectivity index (χ4n) is 3.11. The second-order valence-corrected chi connectivity index (χ2v) is 9.07. The molecule has 0 saturated carbocycles. The number of benzene rings is 2. The normalized spacial score (nSPS) is 15.0. The van der Waals surface area contributed by atoms with Crippen LogP contribution >= 0.6 is 0 Å². The van der Waals surface area contributed by atoms with Crippen LogP contribution in [-0.4, -0.2) is 55.1 Å². The van der Waals surface area contributed by atoms with E-state index >= 15 is 0 Å². The van der Waals surface area contributed by atoms with E-state index in [4.69, 9.17) is 9.26 Å². The first kappa shape index (κ1) is 21.2. The van der Waals surface area contributed by atoms with Gasteiger partial charge in [-0.05, 0) is 36.8 Å². The van der Waals surface area contributed by atoms with Crippen molar-refractivity contribution in [1.82, 2.24) is 19.8 Å². The summed E-state index contributed by atoms with van der Waals surface area (Å²) in [6.45, 7) is 3.76. The molecule has 2 aromatic carbocycles. The van der Waals surface area contributed by atoms with Crippen molar-refractivity contribution >= 4 is 15.9 Å². The van der Waals surface area contributed by atoms with Gasteiger partial charge in [-0.2, -0.15) is 9.29 Å². The Balaban J connectivity index is 1.42. The second-order valence-electron chi connectivity index (χ2n) is 7.13. The summed E-state index contributed by atoms with van der Waals surface area (Å²) in [5, 5.41) is 6.57. The number of amides is 1. The summed E-state index contributed by atoms with van der Waals surface area (Å²) < 4.78 is 37.1. The van der Waals surface area contributed by atoms with Crippen molar-refractivity contribution < 1.29 is 22.5 Å². The van der Waals surface area contributed by atoms with Gasteiger partial charge in [-0.15, -0.1) is 0 Å². The number of carbonyl (C=O) groups is 1. The molecule has 0 aliphatic carbocycles. The van der Waals surface area contributed by atoms with Crippen molar-refractivity contribution in [1.29, 1.82) is 0 Å². The maximum absolute atomic E-state index is 12.7. The molecule has 1 aliphatic heterocycles. The molecular weight excluding hydrogens is 420 g/mol. The number of sulfonamides is 1. The number of aromatic nitrogens is 2. The molecule has 0 radical (unpaired) electrons.